The van der Waals surface area contributed by atoms with Gasteiger partial charge in [0.15, 0.2) is 8.68 Å². The van der Waals surface area contributed by atoms with Crippen molar-refractivity contribution in [2.75, 3.05) is 22.1 Å². The van der Waals surface area contributed by atoms with Gasteiger partial charge in [-0.1, -0.05) is 46.7 Å². The number of carboxylic acids is 1. The molecule has 0 atom stereocenters. The fourth-order valence-corrected chi connectivity index (χ4v) is 7.46. The lowest BCUT2D eigenvalue weighted by Crippen LogP contribution is -2.17. The van der Waals surface area contributed by atoms with Gasteiger partial charge in [-0.3, -0.25) is 9.59 Å². The maximum absolute atomic E-state index is 12.6. The molecule has 0 aliphatic heterocycles. The van der Waals surface area contributed by atoms with Crippen LogP contribution in [0.3, 0.4) is 0 Å². The summed E-state index contributed by atoms with van der Waals surface area (Å²) >= 11 is 17.4. The second kappa shape index (κ2) is 12.1. The van der Waals surface area contributed by atoms with Crippen LogP contribution in [0.2, 0.25) is 10.0 Å². The SMILES string of the molecule is O=C(CSc1nc2cc(Cl)ccc2s1)Nc1cc(NC(=O)CSc2nc3cc(Cl)ccc3s2)cc(C(=O)O)c1. The lowest BCUT2D eigenvalue weighted by atomic mass is 10.1. The van der Waals surface area contributed by atoms with Crippen molar-refractivity contribution in [2.45, 2.75) is 8.68 Å². The number of carbonyl (C=O) groups is 3. The van der Waals surface area contributed by atoms with Crippen LogP contribution in [-0.2, 0) is 9.59 Å². The Morgan fingerprint density at radius 3 is 1.64 bits per heavy atom. The lowest BCUT2D eigenvalue weighted by Gasteiger charge is -2.10. The number of hydrogen-bond donors (Lipinski definition) is 3. The smallest absolute Gasteiger partial charge is 0.335 e. The Morgan fingerprint density at radius 1 is 0.744 bits per heavy atom. The van der Waals surface area contributed by atoms with Crippen molar-refractivity contribution in [3.05, 3.63) is 70.2 Å². The third-order valence-electron chi connectivity index (χ3n) is 5.06. The van der Waals surface area contributed by atoms with E-state index in [1.807, 2.05) is 12.1 Å². The molecule has 5 aromatic rings. The molecule has 0 aliphatic rings. The van der Waals surface area contributed by atoms with Gasteiger partial charge in [0.25, 0.3) is 0 Å². The molecule has 0 aliphatic carbocycles. The number of nitrogens with one attached hydrogen (secondary N) is 2. The van der Waals surface area contributed by atoms with E-state index in [4.69, 9.17) is 23.2 Å². The third-order valence-corrected chi connectivity index (χ3v) is 9.89. The van der Waals surface area contributed by atoms with Crippen LogP contribution in [0.1, 0.15) is 10.4 Å². The summed E-state index contributed by atoms with van der Waals surface area (Å²) in [5, 5.41) is 16.1. The van der Waals surface area contributed by atoms with Crippen molar-refractivity contribution >= 4 is 119 Å². The normalized spacial score (nSPS) is 11.1. The summed E-state index contributed by atoms with van der Waals surface area (Å²) in [4.78, 5) is 45.8. The highest BCUT2D eigenvalue weighted by molar-refractivity contribution is 8.02. The highest BCUT2D eigenvalue weighted by Crippen LogP contribution is 2.32. The number of rotatable bonds is 9. The van der Waals surface area contributed by atoms with Crippen molar-refractivity contribution < 1.29 is 19.5 Å². The maximum atomic E-state index is 12.6. The van der Waals surface area contributed by atoms with Gasteiger partial charge in [0.05, 0.1) is 37.5 Å². The predicted octanol–water partition coefficient (Wildman–Crippen LogP) is 7.37. The standard InChI is InChI=1S/C25H16Cl2N4O4S4/c26-13-1-3-19-17(7-13)30-24(38-19)36-10-21(32)28-15-5-12(23(34)35)6-16(9-15)29-22(33)11-37-25-31-18-8-14(27)2-4-20(18)39-25/h1-9H,10-11H2,(H,28,32)(H,29,33)(H,34,35). The van der Waals surface area contributed by atoms with Gasteiger partial charge in [-0.15, -0.1) is 22.7 Å². The van der Waals surface area contributed by atoms with Crippen LogP contribution in [0, 0.1) is 0 Å². The molecule has 2 heterocycles. The quantitative estimate of drug-likeness (QED) is 0.144. The minimum Gasteiger partial charge on any atom is -0.478 e. The van der Waals surface area contributed by atoms with E-state index in [0.717, 1.165) is 20.4 Å². The van der Waals surface area contributed by atoms with E-state index >= 15 is 0 Å². The zero-order valence-electron chi connectivity index (χ0n) is 19.6. The number of thioether (sulfide) groups is 2. The second-order valence-electron chi connectivity index (χ2n) is 7.96. The number of benzene rings is 3. The number of anilines is 2. The molecule has 3 aromatic carbocycles. The number of aromatic carboxylic acids is 1. The molecule has 8 nitrogen and oxygen atoms in total. The summed E-state index contributed by atoms with van der Waals surface area (Å²) in [6, 6.07) is 15.0. The minimum absolute atomic E-state index is 0.0660. The summed E-state index contributed by atoms with van der Waals surface area (Å²) in [6.45, 7) is 0. The Morgan fingerprint density at radius 2 is 1.21 bits per heavy atom. The lowest BCUT2D eigenvalue weighted by molar-refractivity contribution is -0.114. The largest absolute Gasteiger partial charge is 0.478 e. The first-order valence-electron chi connectivity index (χ1n) is 11.1. The molecular weight excluding hydrogens is 619 g/mol. The van der Waals surface area contributed by atoms with E-state index in [1.54, 1.807) is 24.3 Å². The number of amides is 2. The van der Waals surface area contributed by atoms with E-state index in [2.05, 4.69) is 20.6 Å². The monoisotopic (exact) mass is 634 g/mol. The number of carbonyl (C=O) groups excluding carboxylic acids is 2. The van der Waals surface area contributed by atoms with Gasteiger partial charge in [-0.2, -0.15) is 0 Å². The molecule has 0 spiro atoms. The molecule has 2 amide bonds. The van der Waals surface area contributed by atoms with Crippen molar-refractivity contribution in [2.24, 2.45) is 0 Å². The topological polar surface area (TPSA) is 121 Å². The van der Waals surface area contributed by atoms with Crippen LogP contribution in [-0.4, -0.2) is 44.4 Å². The first kappa shape index (κ1) is 27.7. The molecule has 2 aromatic heterocycles. The van der Waals surface area contributed by atoms with E-state index < -0.39 is 5.97 Å². The van der Waals surface area contributed by atoms with Crippen LogP contribution in [0.15, 0.2) is 63.3 Å². The first-order chi connectivity index (χ1) is 18.7. The fraction of sp³-hybridized carbons (Fsp3) is 0.0800. The number of carboxylic acid groups (broad SMARTS) is 1. The third kappa shape index (κ3) is 7.21. The van der Waals surface area contributed by atoms with E-state index in [0.29, 0.717) is 18.7 Å². The minimum atomic E-state index is -1.19. The molecule has 0 unspecified atom stereocenters. The Labute approximate surface area is 248 Å². The number of halogens is 2. The molecule has 0 saturated carbocycles. The summed E-state index contributed by atoms with van der Waals surface area (Å²) in [6.07, 6.45) is 0. The van der Waals surface area contributed by atoms with Crippen LogP contribution >= 0.6 is 69.4 Å². The fourth-order valence-electron chi connectivity index (χ4n) is 3.43. The maximum Gasteiger partial charge on any atom is 0.335 e. The summed E-state index contributed by atoms with van der Waals surface area (Å²) in [7, 11) is 0. The van der Waals surface area contributed by atoms with Crippen LogP contribution in [0.4, 0.5) is 11.4 Å². The molecule has 3 N–H and O–H groups in total. The van der Waals surface area contributed by atoms with Crippen molar-refractivity contribution in [3.8, 4) is 0 Å². The van der Waals surface area contributed by atoms with Crippen LogP contribution in [0.25, 0.3) is 20.4 Å². The number of thiazole rings is 2. The molecule has 0 saturated heterocycles. The molecule has 0 bridgehead atoms. The Balaban J connectivity index is 1.20. The molecule has 5 rings (SSSR count). The molecular formula is C25H16Cl2N4O4S4. The number of aromatic nitrogens is 2. The molecule has 14 heteroatoms. The van der Waals surface area contributed by atoms with Gasteiger partial charge >= 0.3 is 5.97 Å². The van der Waals surface area contributed by atoms with Gasteiger partial charge in [0.1, 0.15) is 0 Å². The van der Waals surface area contributed by atoms with Gasteiger partial charge in [0.2, 0.25) is 11.8 Å². The van der Waals surface area contributed by atoms with E-state index in [1.165, 1.54) is 64.4 Å². The summed E-state index contributed by atoms with van der Waals surface area (Å²) in [5.41, 5.74) is 1.95. The molecule has 39 heavy (non-hydrogen) atoms. The molecule has 0 fully saturated rings. The van der Waals surface area contributed by atoms with Crippen LogP contribution in [0.5, 0.6) is 0 Å². The average Bonchev–Trinajstić information content (AvgIpc) is 3.48. The van der Waals surface area contributed by atoms with Crippen molar-refractivity contribution in [1.82, 2.24) is 9.97 Å². The average molecular weight is 636 g/mol. The highest BCUT2D eigenvalue weighted by Gasteiger charge is 2.14. The highest BCUT2D eigenvalue weighted by atomic mass is 35.5. The molecule has 198 valence electrons. The zero-order valence-corrected chi connectivity index (χ0v) is 24.3. The van der Waals surface area contributed by atoms with Gasteiger partial charge in [0, 0.05) is 21.4 Å². The Kier molecular flexibility index (Phi) is 8.60. The first-order valence-corrected chi connectivity index (χ1v) is 15.4. The summed E-state index contributed by atoms with van der Waals surface area (Å²) < 4.78 is 3.34. The van der Waals surface area contributed by atoms with E-state index in [9.17, 15) is 19.5 Å². The van der Waals surface area contributed by atoms with Crippen molar-refractivity contribution in [3.63, 3.8) is 0 Å². The Bertz CT molecular complexity index is 1620. The Hall–Kier alpha value is -2.87. The number of hydrogen-bond acceptors (Lipinski definition) is 9. The number of nitrogens with zero attached hydrogens (tertiary/aromatic N) is 2. The second-order valence-corrected chi connectivity index (χ2v) is 13.3. The van der Waals surface area contributed by atoms with Crippen molar-refractivity contribution in [1.29, 1.82) is 0 Å². The molecule has 0 radical (unpaired) electrons. The van der Waals surface area contributed by atoms with Crippen LogP contribution < -0.4 is 10.6 Å². The van der Waals surface area contributed by atoms with Gasteiger partial charge in [-0.25, -0.2) is 14.8 Å². The van der Waals surface area contributed by atoms with Gasteiger partial charge in [-0.05, 0) is 54.6 Å². The van der Waals surface area contributed by atoms with Gasteiger partial charge < -0.3 is 15.7 Å². The van der Waals surface area contributed by atoms with E-state index in [-0.39, 0.29) is 40.3 Å². The predicted molar refractivity (Wildman–Crippen MR) is 161 cm³/mol. The summed E-state index contributed by atoms with van der Waals surface area (Å²) in [5.74, 6) is -1.74. The number of fused-ring (bicyclic) bond motifs is 2. The zero-order chi connectivity index (χ0) is 27.5.